The normalized spacial score (nSPS) is 10.8. The fourth-order valence-electron chi connectivity index (χ4n) is 2.75. The average molecular weight is 469 g/mol. The van der Waals surface area contributed by atoms with Crippen LogP contribution in [-0.2, 0) is 11.3 Å². The van der Waals surface area contributed by atoms with Crippen LogP contribution in [0, 0.1) is 11.3 Å². The first-order chi connectivity index (χ1) is 15.6. The fraction of sp³-hybridized carbons (Fsp3) is 0.167. The number of nitriles is 1. The summed E-state index contributed by atoms with van der Waals surface area (Å²) in [6.45, 7) is 0.963. The zero-order valence-electron chi connectivity index (χ0n) is 17.3. The summed E-state index contributed by atoms with van der Waals surface area (Å²) in [4.78, 5) is 13.3. The van der Waals surface area contributed by atoms with Gasteiger partial charge in [0.25, 0.3) is 5.91 Å². The molecule has 1 heterocycles. The van der Waals surface area contributed by atoms with Crippen molar-refractivity contribution in [3.8, 4) is 23.3 Å². The molecule has 6 nitrogen and oxygen atoms in total. The molecule has 32 heavy (non-hydrogen) atoms. The van der Waals surface area contributed by atoms with Crippen LogP contribution in [0.4, 0.5) is 0 Å². The number of ether oxygens (including phenoxy) is 3. The number of rotatable bonds is 10. The lowest BCUT2D eigenvalue weighted by molar-refractivity contribution is -0.117. The highest BCUT2D eigenvalue weighted by Gasteiger charge is 2.11. The monoisotopic (exact) mass is 468 g/mol. The topological polar surface area (TPSA) is 80.6 Å². The molecule has 0 saturated carbocycles. The van der Waals surface area contributed by atoms with Gasteiger partial charge < -0.3 is 19.5 Å². The number of halogens is 1. The van der Waals surface area contributed by atoms with Gasteiger partial charge in [0.1, 0.15) is 30.6 Å². The lowest BCUT2D eigenvalue weighted by Gasteiger charge is -2.12. The highest BCUT2D eigenvalue weighted by Crippen LogP contribution is 2.29. The van der Waals surface area contributed by atoms with Gasteiger partial charge in [-0.25, -0.2) is 0 Å². The average Bonchev–Trinajstić information content (AvgIpc) is 3.34. The molecule has 2 aromatic carbocycles. The van der Waals surface area contributed by atoms with E-state index in [2.05, 4.69) is 5.32 Å². The molecule has 0 atom stereocenters. The van der Waals surface area contributed by atoms with Gasteiger partial charge in [-0.1, -0.05) is 35.9 Å². The van der Waals surface area contributed by atoms with Crippen molar-refractivity contribution >= 4 is 34.9 Å². The highest BCUT2D eigenvalue weighted by molar-refractivity contribution is 7.09. The molecule has 0 bridgehead atoms. The summed E-state index contributed by atoms with van der Waals surface area (Å²) in [6.07, 6.45) is 1.51. The van der Waals surface area contributed by atoms with Gasteiger partial charge in [0, 0.05) is 4.88 Å². The number of methoxy groups -OCH3 is 1. The van der Waals surface area contributed by atoms with Gasteiger partial charge in [-0.05, 0) is 47.4 Å². The zero-order chi connectivity index (χ0) is 22.8. The van der Waals surface area contributed by atoms with Gasteiger partial charge in [0.15, 0.2) is 11.5 Å². The van der Waals surface area contributed by atoms with E-state index in [0.717, 1.165) is 4.88 Å². The van der Waals surface area contributed by atoms with E-state index in [4.69, 9.17) is 25.8 Å². The van der Waals surface area contributed by atoms with E-state index in [1.165, 1.54) is 24.5 Å². The number of hydrogen-bond donors (Lipinski definition) is 1. The van der Waals surface area contributed by atoms with E-state index in [1.807, 2.05) is 35.7 Å². The Morgan fingerprint density at radius 2 is 1.88 bits per heavy atom. The number of hydrogen-bond acceptors (Lipinski definition) is 6. The van der Waals surface area contributed by atoms with Crippen molar-refractivity contribution in [3.63, 3.8) is 0 Å². The third-order valence-electron chi connectivity index (χ3n) is 4.30. The minimum absolute atomic E-state index is 0.00502. The molecule has 1 N–H and O–H groups in total. The molecule has 8 heteroatoms. The summed E-state index contributed by atoms with van der Waals surface area (Å²) in [7, 11) is 1.52. The lowest BCUT2D eigenvalue weighted by atomic mass is 10.1. The first-order valence-corrected chi connectivity index (χ1v) is 11.0. The quantitative estimate of drug-likeness (QED) is 0.254. The van der Waals surface area contributed by atoms with Crippen LogP contribution in [0.3, 0.4) is 0 Å². The number of thiophene rings is 1. The van der Waals surface area contributed by atoms with Crippen LogP contribution in [0.5, 0.6) is 17.2 Å². The highest BCUT2D eigenvalue weighted by atomic mass is 35.5. The number of carbonyl (C=O) groups is 1. The van der Waals surface area contributed by atoms with Crippen LogP contribution in [0.1, 0.15) is 10.4 Å². The van der Waals surface area contributed by atoms with Gasteiger partial charge in [0.05, 0.1) is 18.7 Å². The van der Waals surface area contributed by atoms with E-state index >= 15 is 0 Å². The van der Waals surface area contributed by atoms with E-state index in [1.54, 1.807) is 30.3 Å². The maximum atomic E-state index is 12.3. The molecule has 1 amide bonds. The molecule has 0 fully saturated rings. The molecular weight excluding hydrogens is 448 g/mol. The Labute approximate surface area is 195 Å². The van der Waals surface area contributed by atoms with Crippen LogP contribution < -0.4 is 19.5 Å². The smallest absolute Gasteiger partial charge is 0.262 e. The first-order valence-electron chi connectivity index (χ1n) is 9.71. The van der Waals surface area contributed by atoms with E-state index in [0.29, 0.717) is 41.0 Å². The van der Waals surface area contributed by atoms with Crippen molar-refractivity contribution in [2.45, 2.75) is 6.54 Å². The maximum Gasteiger partial charge on any atom is 0.262 e. The Hall–Kier alpha value is -3.47. The van der Waals surface area contributed by atoms with Crippen molar-refractivity contribution in [2.24, 2.45) is 0 Å². The van der Waals surface area contributed by atoms with E-state index in [9.17, 15) is 10.1 Å². The third kappa shape index (κ3) is 6.51. The Balaban J connectivity index is 1.59. The predicted octanol–water partition coefficient (Wildman–Crippen LogP) is 5.09. The number of para-hydroxylation sites is 1. The number of nitrogens with zero attached hydrogens (tertiary/aromatic N) is 1. The summed E-state index contributed by atoms with van der Waals surface area (Å²) in [5.41, 5.74) is 0.648. The van der Waals surface area contributed by atoms with Gasteiger partial charge in [0.2, 0.25) is 0 Å². The molecule has 0 aliphatic heterocycles. The second-order valence-electron chi connectivity index (χ2n) is 6.47. The molecule has 3 rings (SSSR count). The van der Waals surface area contributed by atoms with Crippen molar-refractivity contribution in [1.82, 2.24) is 5.32 Å². The largest absolute Gasteiger partial charge is 0.493 e. The maximum absolute atomic E-state index is 12.3. The number of amides is 1. The molecule has 0 saturated heterocycles. The van der Waals surface area contributed by atoms with Crippen molar-refractivity contribution in [3.05, 3.63) is 81.0 Å². The molecule has 0 aliphatic carbocycles. The third-order valence-corrected chi connectivity index (χ3v) is 5.49. The van der Waals surface area contributed by atoms with Crippen LogP contribution in [0.15, 0.2) is 65.6 Å². The second-order valence-corrected chi connectivity index (χ2v) is 7.91. The molecule has 0 aliphatic rings. The van der Waals surface area contributed by atoms with Gasteiger partial charge >= 0.3 is 0 Å². The van der Waals surface area contributed by atoms with E-state index < -0.39 is 5.91 Å². The SMILES string of the molecule is COc1cc(/C=C(\C#N)C(=O)NCc2cccs2)ccc1OCCOc1ccccc1Cl. The van der Waals surface area contributed by atoms with Crippen LogP contribution in [0.2, 0.25) is 5.02 Å². The van der Waals surface area contributed by atoms with Crippen LogP contribution >= 0.6 is 22.9 Å². The molecular formula is C24H21ClN2O4S. The molecule has 0 radical (unpaired) electrons. The summed E-state index contributed by atoms with van der Waals surface area (Å²) >= 11 is 7.60. The minimum Gasteiger partial charge on any atom is -0.493 e. The predicted molar refractivity (Wildman–Crippen MR) is 125 cm³/mol. The molecule has 164 valence electrons. The first kappa shape index (κ1) is 23.2. The van der Waals surface area contributed by atoms with Gasteiger partial charge in [-0.3, -0.25) is 4.79 Å². The Kier molecular flexibility index (Phi) is 8.55. The fourth-order valence-corrected chi connectivity index (χ4v) is 3.58. The molecule has 3 aromatic rings. The number of carbonyl (C=O) groups excluding carboxylic acids is 1. The second kappa shape index (κ2) is 11.8. The van der Waals surface area contributed by atoms with Crippen molar-refractivity contribution in [2.75, 3.05) is 20.3 Å². The van der Waals surface area contributed by atoms with Crippen molar-refractivity contribution < 1.29 is 19.0 Å². The van der Waals surface area contributed by atoms with Crippen LogP contribution in [0.25, 0.3) is 6.08 Å². The minimum atomic E-state index is -0.433. The summed E-state index contributed by atoms with van der Waals surface area (Å²) in [6, 6.07) is 18.2. The van der Waals surface area contributed by atoms with Gasteiger partial charge in [-0.15, -0.1) is 11.3 Å². The number of benzene rings is 2. The summed E-state index contributed by atoms with van der Waals surface area (Å²) < 4.78 is 16.8. The summed E-state index contributed by atoms with van der Waals surface area (Å²) in [5, 5.41) is 14.6. The zero-order valence-corrected chi connectivity index (χ0v) is 18.9. The molecule has 0 spiro atoms. The van der Waals surface area contributed by atoms with Gasteiger partial charge in [-0.2, -0.15) is 5.26 Å². The Bertz CT molecular complexity index is 1120. The Morgan fingerprint density at radius 1 is 1.09 bits per heavy atom. The molecule has 0 unspecified atom stereocenters. The number of nitrogens with one attached hydrogen (secondary N) is 1. The van der Waals surface area contributed by atoms with Crippen LogP contribution in [-0.4, -0.2) is 26.2 Å². The molecule has 1 aromatic heterocycles. The standard InChI is InChI=1S/C24H21ClN2O4S/c1-29-23-14-17(13-18(15-26)24(28)27-16-19-5-4-12-32-19)8-9-22(23)31-11-10-30-21-7-3-2-6-20(21)25/h2-9,12-14H,10-11,16H2,1H3,(H,27,28)/b18-13+. The Morgan fingerprint density at radius 3 is 2.56 bits per heavy atom. The van der Waals surface area contributed by atoms with E-state index in [-0.39, 0.29) is 12.2 Å². The van der Waals surface area contributed by atoms with Crippen molar-refractivity contribution in [1.29, 1.82) is 5.26 Å². The summed E-state index contributed by atoms with van der Waals surface area (Å²) in [5.74, 6) is 1.16. The lowest BCUT2D eigenvalue weighted by Crippen LogP contribution is -2.23.